The van der Waals surface area contributed by atoms with Crippen LogP contribution in [0, 0.1) is 0 Å². The highest BCUT2D eigenvalue weighted by molar-refractivity contribution is 7.90. The van der Waals surface area contributed by atoms with E-state index in [2.05, 4.69) is 4.98 Å². The normalized spacial score (nSPS) is 11.7. The third-order valence-electron chi connectivity index (χ3n) is 2.64. The van der Waals surface area contributed by atoms with Crippen LogP contribution in [0.5, 0.6) is 0 Å². The van der Waals surface area contributed by atoms with Crippen LogP contribution in [0.2, 0.25) is 0 Å². The Balaban J connectivity index is 2.21. The van der Waals surface area contributed by atoms with Crippen molar-refractivity contribution in [2.24, 2.45) is 0 Å². The van der Waals surface area contributed by atoms with E-state index in [0.29, 0.717) is 17.3 Å². The Labute approximate surface area is 111 Å². The zero-order chi connectivity index (χ0) is 13.2. The smallest absolute Gasteiger partial charge is 0.175 e. The second kappa shape index (κ2) is 5.12. The van der Waals surface area contributed by atoms with Crippen molar-refractivity contribution in [2.75, 3.05) is 6.26 Å². The van der Waals surface area contributed by atoms with E-state index in [1.807, 2.05) is 4.57 Å². The van der Waals surface area contributed by atoms with Crippen molar-refractivity contribution in [3.05, 3.63) is 48.0 Å². The average molecular weight is 285 g/mol. The molecule has 6 heteroatoms. The Bertz CT molecular complexity index is 632. The van der Waals surface area contributed by atoms with Crippen molar-refractivity contribution >= 4 is 21.4 Å². The molecule has 0 saturated heterocycles. The molecule has 0 aliphatic carbocycles. The first-order chi connectivity index (χ1) is 8.50. The van der Waals surface area contributed by atoms with Crippen LogP contribution in [0.15, 0.2) is 41.7 Å². The fraction of sp³-hybridized carbons (Fsp3) is 0.250. The predicted molar refractivity (Wildman–Crippen MR) is 70.4 cm³/mol. The maximum absolute atomic E-state index is 11.3. The molecule has 0 radical (unpaired) electrons. The molecule has 0 aliphatic heterocycles. The van der Waals surface area contributed by atoms with E-state index in [-0.39, 0.29) is 0 Å². The van der Waals surface area contributed by atoms with Gasteiger partial charge in [0.15, 0.2) is 9.84 Å². The van der Waals surface area contributed by atoms with Gasteiger partial charge < -0.3 is 4.57 Å². The molecule has 0 amide bonds. The molecular weight excluding hydrogens is 272 g/mol. The molecule has 4 nitrogen and oxygen atoms in total. The summed E-state index contributed by atoms with van der Waals surface area (Å²) in [6, 6.07) is 6.83. The van der Waals surface area contributed by atoms with Gasteiger partial charge in [0, 0.05) is 19.0 Å². The minimum atomic E-state index is -3.13. The van der Waals surface area contributed by atoms with Gasteiger partial charge in [-0.2, -0.15) is 0 Å². The molecule has 2 aromatic rings. The summed E-state index contributed by atoms with van der Waals surface area (Å²) < 4.78 is 24.6. The van der Waals surface area contributed by atoms with Crippen molar-refractivity contribution < 1.29 is 8.42 Å². The molecule has 0 N–H and O–H groups in total. The number of halogens is 1. The van der Waals surface area contributed by atoms with Crippen LogP contribution in [0.4, 0.5) is 0 Å². The van der Waals surface area contributed by atoms with Crippen molar-refractivity contribution in [1.29, 1.82) is 0 Å². The third-order valence-corrected chi connectivity index (χ3v) is 4.04. The largest absolute Gasteiger partial charge is 0.329 e. The molecule has 1 aromatic carbocycles. The molecule has 0 unspecified atom stereocenters. The SMILES string of the molecule is CS(=O)(=O)c1ccc(Cn2cncc2CCl)cc1. The van der Waals surface area contributed by atoms with Gasteiger partial charge in [-0.3, -0.25) is 0 Å². The molecule has 2 rings (SSSR count). The number of imidazole rings is 1. The second-order valence-electron chi connectivity index (χ2n) is 4.06. The molecule has 0 atom stereocenters. The number of sulfone groups is 1. The summed E-state index contributed by atoms with van der Waals surface area (Å²) in [5, 5.41) is 0. The highest BCUT2D eigenvalue weighted by atomic mass is 35.5. The molecule has 0 fully saturated rings. The third kappa shape index (κ3) is 2.91. The fourth-order valence-electron chi connectivity index (χ4n) is 1.64. The van der Waals surface area contributed by atoms with E-state index in [1.54, 1.807) is 36.8 Å². The number of nitrogens with zero attached hydrogens (tertiary/aromatic N) is 2. The first-order valence-corrected chi connectivity index (χ1v) is 7.77. The van der Waals surface area contributed by atoms with E-state index in [0.717, 1.165) is 11.3 Å². The molecule has 1 aromatic heterocycles. The van der Waals surface area contributed by atoms with Gasteiger partial charge in [-0.1, -0.05) is 12.1 Å². The highest BCUT2D eigenvalue weighted by Crippen LogP contribution is 2.13. The second-order valence-corrected chi connectivity index (χ2v) is 6.35. The van der Waals surface area contributed by atoms with Crippen LogP contribution < -0.4 is 0 Å². The number of alkyl halides is 1. The number of benzene rings is 1. The fourth-order valence-corrected chi connectivity index (χ4v) is 2.49. The van der Waals surface area contributed by atoms with Gasteiger partial charge >= 0.3 is 0 Å². The molecule has 0 spiro atoms. The molecule has 18 heavy (non-hydrogen) atoms. The minimum absolute atomic E-state index is 0.328. The van der Waals surface area contributed by atoms with E-state index in [4.69, 9.17) is 11.6 Å². The topological polar surface area (TPSA) is 52.0 Å². The summed E-state index contributed by atoms with van der Waals surface area (Å²) >= 11 is 5.78. The van der Waals surface area contributed by atoms with Crippen molar-refractivity contribution in [1.82, 2.24) is 9.55 Å². The Morgan fingerprint density at radius 3 is 2.50 bits per heavy atom. The maximum Gasteiger partial charge on any atom is 0.175 e. The van der Waals surface area contributed by atoms with Crippen LogP contribution in [-0.4, -0.2) is 24.2 Å². The van der Waals surface area contributed by atoms with Gasteiger partial charge in [-0.15, -0.1) is 11.6 Å². The van der Waals surface area contributed by atoms with Crippen LogP contribution in [0.3, 0.4) is 0 Å². The Morgan fingerprint density at radius 1 is 1.28 bits per heavy atom. The summed E-state index contributed by atoms with van der Waals surface area (Å²) in [5.41, 5.74) is 1.94. The van der Waals surface area contributed by atoms with Gasteiger partial charge in [-0.25, -0.2) is 13.4 Å². The summed E-state index contributed by atoms with van der Waals surface area (Å²) in [6.07, 6.45) is 4.63. The van der Waals surface area contributed by atoms with Crippen LogP contribution >= 0.6 is 11.6 Å². The van der Waals surface area contributed by atoms with Gasteiger partial charge in [0.05, 0.1) is 22.8 Å². The molecule has 0 aliphatic rings. The van der Waals surface area contributed by atoms with Crippen molar-refractivity contribution in [3.63, 3.8) is 0 Å². The Morgan fingerprint density at radius 2 is 1.94 bits per heavy atom. The highest BCUT2D eigenvalue weighted by Gasteiger charge is 2.07. The summed E-state index contributed by atoms with van der Waals surface area (Å²) in [6.45, 7) is 0.631. The first-order valence-electron chi connectivity index (χ1n) is 5.34. The number of aromatic nitrogens is 2. The quantitative estimate of drug-likeness (QED) is 0.808. The van der Waals surface area contributed by atoms with Gasteiger partial charge in [0.2, 0.25) is 0 Å². The first kappa shape index (κ1) is 13.1. The number of hydrogen-bond acceptors (Lipinski definition) is 3. The van der Waals surface area contributed by atoms with E-state index >= 15 is 0 Å². The zero-order valence-corrected chi connectivity index (χ0v) is 11.4. The lowest BCUT2D eigenvalue weighted by molar-refractivity contribution is 0.602. The zero-order valence-electron chi connectivity index (χ0n) is 9.88. The summed E-state index contributed by atoms with van der Waals surface area (Å²) in [5.74, 6) is 0.404. The lowest BCUT2D eigenvalue weighted by atomic mass is 10.2. The van der Waals surface area contributed by atoms with E-state index < -0.39 is 9.84 Å². The van der Waals surface area contributed by atoms with E-state index in [9.17, 15) is 8.42 Å². The lowest BCUT2D eigenvalue weighted by Crippen LogP contribution is -2.02. The van der Waals surface area contributed by atoms with Crippen LogP contribution in [-0.2, 0) is 22.3 Å². The lowest BCUT2D eigenvalue weighted by Gasteiger charge is -2.07. The van der Waals surface area contributed by atoms with Crippen LogP contribution in [0.1, 0.15) is 11.3 Å². The standard InChI is InChI=1S/C12H13ClN2O2S/c1-18(16,17)12-4-2-10(3-5-12)8-15-9-14-7-11(15)6-13/h2-5,7,9H,6,8H2,1H3. The molecule has 0 saturated carbocycles. The molecule has 1 heterocycles. The van der Waals surface area contributed by atoms with E-state index in [1.165, 1.54) is 6.26 Å². The molecule has 96 valence electrons. The summed E-state index contributed by atoms with van der Waals surface area (Å²) in [7, 11) is -3.13. The van der Waals surface area contributed by atoms with Crippen LogP contribution in [0.25, 0.3) is 0 Å². The monoisotopic (exact) mass is 284 g/mol. The average Bonchev–Trinajstić information content (AvgIpc) is 2.76. The van der Waals surface area contributed by atoms with Gasteiger partial charge in [-0.05, 0) is 17.7 Å². The number of hydrogen-bond donors (Lipinski definition) is 0. The predicted octanol–water partition coefficient (Wildman–Crippen LogP) is 2.07. The summed E-state index contributed by atoms with van der Waals surface area (Å²) in [4.78, 5) is 4.36. The van der Waals surface area contributed by atoms with Gasteiger partial charge in [0.1, 0.15) is 0 Å². The Hall–Kier alpha value is -1.33. The maximum atomic E-state index is 11.3. The molecule has 0 bridgehead atoms. The van der Waals surface area contributed by atoms with Crippen molar-refractivity contribution in [2.45, 2.75) is 17.3 Å². The minimum Gasteiger partial charge on any atom is -0.329 e. The number of rotatable bonds is 4. The Kier molecular flexibility index (Phi) is 3.73. The van der Waals surface area contributed by atoms with Crippen molar-refractivity contribution in [3.8, 4) is 0 Å². The molecular formula is C12H13ClN2O2S. The van der Waals surface area contributed by atoms with Gasteiger partial charge in [0.25, 0.3) is 0 Å².